The molecular weight excluding hydrogens is 180 g/mol. The van der Waals surface area contributed by atoms with Crippen molar-refractivity contribution in [3.05, 3.63) is 29.8 Å². The van der Waals surface area contributed by atoms with Crippen molar-refractivity contribution in [3.8, 4) is 0 Å². The van der Waals surface area contributed by atoms with Crippen LogP contribution >= 0.6 is 0 Å². The third-order valence-electron chi connectivity index (χ3n) is 1.68. The van der Waals surface area contributed by atoms with Crippen LogP contribution in [0.4, 0.5) is 10.5 Å². The highest BCUT2D eigenvalue weighted by Crippen LogP contribution is 2.10. The summed E-state index contributed by atoms with van der Waals surface area (Å²) in [6.45, 7) is 2.58. The number of anilines is 1. The number of rotatable bonds is 3. The van der Waals surface area contributed by atoms with E-state index in [0.29, 0.717) is 18.8 Å². The molecule has 0 radical (unpaired) electrons. The number of carbonyl (C=O) groups is 1. The molecule has 4 nitrogen and oxygen atoms in total. The summed E-state index contributed by atoms with van der Waals surface area (Å²) in [4.78, 5) is 11.0. The first-order valence-electron chi connectivity index (χ1n) is 4.49. The molecule has 0 atom stereocenters. The van der Waals surface area contributed by atoms with Crippen molar-refractivity contribution < 1.29 is 9.53 Å². The fraction of sp³-hybridized carbons (Fsp3) is 0.300. The Balaban J connectivity index is 2.62. The first-order chi connectivity index (χ1) is 6.76. The fourth-order valence-electron chi connectivity index (χ4n) is 1.06. The normalized spacial score (nSPS) is 9.57. The Labute approximate surface area is 83.1 Å². The van der Waals surface area contributed by atoms with Crippen LogP contribution in [0.5, 0.6) is 0 Å². The molecule has 0 bridgehead atoms. The Morgan fingerprint density at radius 2 is 2.36 bits per heavy atom. The van der Waals surface area contributed by atoms with Gasteiger partial charge in [0.25, 0.3) is 0 Å². The van der Waals surface area contributed by atoms with Crippen LogP contribution in [0.25, 0.3) is 0 Å². The van der Waals surface area contributed by atoms with Crippen molar-refractivity contribution in [1.29, 1.82) is 0 Å². The number of amides is 1. The van der Waals surface area contributed by atoms with Gasteiger partial charge >= 0.3 is 6.09 Å². The molecule has 1 amide bonds. The van der Waals surface area contributed by atoms with Gasteiger partial charge in [-0.15, -0.1) is 0 Å². The summed E-state index contributed by atoms with van der Waals surface area (Å²) in [5.41, 5.74) is 7.14. The number of nitrogens with two attached hydrogens (primary N) is 1. The summed E-state index contributed by atoms with van der Waals surface area (Å²) in [5, 5.41) is 2.60. The van der Waals surface area contributed by atoms with Gasteiger partial charge in [0.1, 0.15) is 0 Å². The first-order valence-corrected chi connectivity index (χ1v) is 4.49. The lowest BCUT2D eigenvalue weighted by Crippen LogP contribution is -2.13. The summed E-state index contributed by atoms with van der Waals surface area (Å²) >= 11 is 0. The molecule has 1 aromatic carbocycles. The van der Waals surface area contributed by atoms with Gasteiger partial charge in [0.05, 0.1) is 6.61 Å². The third kappa shape index (κ3) is 3.06. The number of carbonyl (C=O) groups excluding carboxylic acids is 1. The Hall–Kier alpha value is -1.55. The molecule has 0 heterocycles. The molecule has 0 aliphatic heterocycles. The molecule has 0 saturated carbocycles. The van der Waals surface area contributed by atoms with Crippen LogP contribution in [-0.2, 0) is 11.3 Å². The Bertz CT molecular complexity index is 313. The van der Waals surface area contributed by atoms with E-state index in [-0.39, 0.29) is 0 Å². The maximum absolute atomic E-state index is 11.0. The number of nitrogens with one attached hydrogen (secondary N) is 1. The van der Waals surface area contributed by atoms with E-state index in [0.717, 1.165) is 5.56 Å². The lowest BCUT2D eigenvalue weighted by Gasteiger charge is -2.05. The quantitative estimate of drug-likeness (QED) is 0.769. The van der Waals surface area contributed by atoms with E-state index in [2.05, 4.69) is 5.32 Å². The zero-order chi connectivity index (χ0) is 10.4. The summed E-state index contributed by atoms with van der Waals surface area (Å²) in [6.07, 6.45) is -0.443. The average Bonchev–Trinajstić information content (AvgIpc) is 2.18. The minimum absolute atomic E-state index is 0.364. The lowest BCUT2D eigenvalue weighted by atomic mass is 10.2. The van der Waals surface area contributed by atoms with E-state index in [1.807, 2.05) is 18.2 Å². The Kier molecular flexibility index (Phi) is 3.94. The number of benzene rings is 1. The van der Waals surface area contributed by atoms with Crippen molar-refractivity contribution in [2.24, 2.45) is 5.73 Å². The predicted molar refractivity (Wildman–Crippen MR) is 55.0 cm³/mol. The molecule has 3 N–H and O–H groups in total. The van der Waals surface area contributed by atoms with E-state index in [1.54, 1.807) is 13.0 Å². The molecule has 0 spiro atoms. The monoisotopic (exact) mass is 194 g/mol. The minimum atomic E-state index is -0.443. The molecular formula is C10H14N2O2. The second kappa shape index (κ2) is 5.24. The van der Waals surface area contributed by atoms with Crippen molar-refractivity contribution in [3.63, 3.8) is 0 Å². The highest BCUT2D eigenvalue weighted by atomic mass is 16.5. The van der Waals surface area contributed by atoms with Crippen molar-refractivity contribution >= 4 is 11.8 Å². The molecule has 4 heteroatoms. The molecule has 1 aromatic rings. The summed E-state index contributed by atoms with van der Waals surface area (Å²) < 4.78 is 4.74. The van der Waals surface area contributed by atoms with Gasteiger partial charge in [-0.1, -0.05) is 12.1 Å². The second-order valence-corrected chi connectivity index (χ2v) is 2.75. The molecule has 14 heavy (non-hydrogen) atoms. The smallest absolute Gasteiger partial charge is 0.411 e. The van der Waals surface area contributed by atoms with Crippen molar-refractivity contribution in [1.82, 2.24) is 0 Å². The van der Waals surface area contributed by atoms with Crippen LogP contribution in [0.2, 0.25) is 0 Å². The molecule has 0 saturated heterocycles. The molecule has 0 aliphatic carbocycles. The fourth-order valence-corrected chi connectivity index (χ4v) is 1.06. The van der Waals surface area contributed by atoms with Crippen LogP contribution in [0.3, 0.4) is 0 Å². The number of hydrogen-bond acceptors (Lipinski definition) is 3. The molecule has 1 rings (SSSR count). The highest BCUT2D eigenvalue weighted by Gasteiger charge is 2.01. The van der Waals surface area contributed by atoms with E-state index < -0.39 is 6.09 Å². The van der Waals surface area contributed by atoms with Crippen LogP contribution in [0, 0.1) is 0 Å². The lowest BCUT2D eigenvalue weighted by molar-refractivity contribution is 0.168. The molecule has 76 valence electrons. The van der Waals surface area contributed by atoms with Gasteiger partial charge in [-0.3, -0.25) is 5.32 Å². The van der Waals surface area contributed by atoms with Gasteiger partial charge in [0, 0.05) is 12.2 Å². The Morgan fingerprint density at radius 3 is 3.00 bits per heavy atom. The zero-order valence-corrected chi connectivity index (χ0v) is 8.12. The largest absolute Gasteiger partial charge is 0.450 e. The maximum atomic E-state index is 11.0. The topological polar surface area (TPSA) is 64.3 Å². The zero-order valence-electron chi connectivity index (χ0n) is 8.12. The van der Waals surface area contributed by atoms with Crippen LogP contribution < -0.4 is 11.1 Å². The SMILES string of the molecule is CCOC(=O)Nc1cccc(CN)c1. The van der Waals surface area contributed by atoms with Gasteiger partial charge < -0.3 is 10.5 Å². The average molecular weight is 194 g/mol. The van der Waals surface area contributed by atoms with Crippen LogP contribution in [0.1, 0.15) is 12.5 Å². The predicted octanol–water partition coefficient (Wildman–Crippen LogP) is 1.71. The minimum Gasteiger partial charge on any atom is -0.450 e. The maximum Gasteiger partial charge on any atom is 0.411 e. The Morgan fingerprint density at radius 1 is 1.57 bits per heavy atom. The summed E-state index contributed by atoms with van der Waals surface area (Å²) in [6, 6.07) is 7.34. The third-order valence-corrected chi connectivity index (χ3v) is 1.68. The standard InChI is InChI=1S/C10H14N2O2/c1-2-14-10(13)12-9-5-3-4-8(6-9)7-11/h3-6H,2,7,11H2,1H3,(H,12,13). The van der Waals surface area contributed by atoms with Gasteiger partial charge in [-0.05, 0) is 24.6 Å². The molecule has 0 aliphatic rings. The first kappa shape index (κ1) is 10.5. The molecule has 0 aromatic heterocycles. The number of ether oxygens (including phenoxy) is 1. The van der Waals surface area contributed by atoms with Crippen molar-refractivity contribution in [2.45, 2.75) is 13.5 Å². The molecule has 0 unspecified atom stereocenters. The highest BCUT2D eigenvalue weighted by molar-refractivity contribution is 5.84. The van der Waals surface area contributed by atoms with Gasteiger partial charge in [0.2, 0.25) is 0 Å². The van der Waals surface area contributed by atoms with Gasteiger partial charge in [0.15, 0.2) is 0 Å². The summed E-state index contributed by atoms with van der Waals surface area (Å²) in [7, 11) is 0. The van der Waals surface area contributed by atoms with Crippen LogP contribution in [-0.4, -0.2) is 12.7 Å². The second-order valence-electron chi connectivity index (χ2n) is 2.75. The summed E-state index contributed by atoms with van der Waals surface area (Å²) in [5.74, 6) is 0. The van der Waals surface area contributed by atoms with E-state index in [9.17, 15) is 4.79 Å². The van der Waals surface area contributed by atoms with E-state index in [4.69, 9.17) is 10.5 Å². The van der Waals surface area contributed by atoms with E-state index >= 15 is 0 Å². The van der Waals surface area contributed by atoms with Gasteiger partial charge in [-0.25, -0.2) is 4.79 Å². The molecule has 0 fully saturated rings. The number of hydrogen-bond donors (Lipinski definition) is 2. The van der Waals surface area contributed by atoms with E-state index in [1.165, 1.54) is 0 Å². The van der Waals surface area contributed by atoms with Crippen molar-refractivity contribution in [2.75, 3.05) is 11.9 Å². The van der Waals surface area contributed by atoms with Crippen LogP contribution in [0.15, 0.2) is 24.3 Å². The van der Waals surface area contributed by atoms with Gasteiger partial charge in [-0.2, -0.15) is 0 Å².